The van der Waals surface area contributed by atoms with Gasteiger partial charge in [0.05, 0.1) is 17.7 Å². The average Bonchev–Trinajstić information content (AvgIpc) is 3.30. The molecule has 34 heavy (non-hydrogen) atoms. The second-order valence-electron chi connectivity index (χ2n) is 7.44. The van der Waals surface area contributed by atoms with Crippen LogP contribution >= 0.6 is 12.2 Å². The molecule has 11 heteroatoms. The first-order chi connectivity index (χ1) is 16.2. The molecular weight excluding hydrogens is 460 g/mol. The minimum atomic E-state index is -0.595. The molecule has 3 rings (SSSR count). The van der Waals surface area contributed by atoms with E-state index in [2.05, 4.69) is 16.0 Å². The van der Waals surface area contributed by atoms with Gasteiger partial charge in [-0.05, 0) is 36.5 Å². The fourth-order valence-electron chi connectivity index (χ4n) is 2.86. The Morgan fingerprint density at radius 3 is 2.53 bits per heavy atom. The maximum absolute atomic E-state index is 12.5. The molecule has 176 valence electrons. The molecule has 0 atom stereocenters. The fraction of sp³-hybridized carbons (Fsp3) is 0.174. The van der Waals surface area contributed by atoms with Gasteiger partial charge in [0.2, 0.25) is 5.91 Å². The van der Waals surface area contributed by atoms with Crippen LogP contribution in [-0.4, -0.2) is 29.0 Å². The second kappa shape index (κ2) is 10.6. The zero-order chi connectivity index (χ0) is 24.8. The maximum Gasteiger partial charge on any atom is 0.293 e. The molecule has 0 aliphatic rings. The van der Waals surface area contributed by atoms with E-state index < -0.39 is 10.8 Å². The van der Waals surface area contributed by atoms with Crippen molar-refractivity contribution in [2.45, 2.75) is 13.8 Å². The Kier molecular flexibility index (Phi) is 7.59. The molecule has 0 unspecified atom stereocenters. The lowest BCUT2D eigenvalue weighted by atomic mass is 10.1. The highest BCUT2D eigenvalue weighted by Crippen LogP contribution is 2.29. The first-order valence-electron chi connectivity index (χ1n) is 10.1. The predicted octanol–water partition coefficient (Wildman–Crippen LogP) is 4.58. The summed E-state index contributed by atoms with van der Waals surface area (Å²) in [5.74, 6) is -0.233. The predicted molar refractivity (Wildman–Crippen MR) is 131 cm³/mol. The minimum Gasteiger partial charge on any atom is -0.494 e. The van der Waals surface area contributed by atoms with Gasteiger partial charge >= 0.3 is 0 Å². The van der Waals surface area contributed by atoms with Crippen molar-refractivity contribution < 1.29 is 23.7 Å². The monoisotopic (exact) mass is 482 g/mol. The van der Waals surface area contributed by atoms with Gasteiger partial charge in [-0.15, -0.1) is 0 Å². The zero-order valence-electron chi connectivity index (χ0n) is 18.6. The van der Waals surface area contributed by atoms with Gasteiger partial charge in [-0.25, -0.2) is 0 Å². The third-order valence-electron chi connectivity index (χ3n) is 4.64. The molecule has 0 saturated carbocycles. The molecule has 1 aromatic heterocycles. The summed E-state index contributed by atoms with van der Waals surface area (Å²) in [6.07, 6.45) is 0. The van der Waals surface area contributed by atoms with E-state index in [1.54, 1.807) is 44.2 Å². The molecule has 0 fully saturated rings. The number of hydrogen-bond acceptors (Lipinski definition) is 7. The number of nitrogens with one attached hydrogen (secondary N) is 3. The number of nitro benzene ring substituents is 1. The molecule has 0 spiro atoms. The number of benzene rings is 2. The highest BCUT2D eigenvalue weighted by Gasteiger charge is 2.16. The van der Waals surface area contributed by atoms with Gasteiger partial charge in [0.25, 0.3) is 11.6 Å². The molecule has 2 aromatic carbocycles. The third kappa shape index (κ3) is 5.95. The van der Waals surface area contributed by atoms with Crippen molar-refractivity contribution in [2.75, 3.05) is 17.7 Å². The number of furan rings is 1. The minimum absolute atomic E-state index is 0.0133. The van der Waals surface area contributed by atoms with E-state index in [9.17, 15) is 19.7 Å². The van der Waals surface area contributed by atoms with Crippen LogP contribution < -0.4 is 20.7 Å². The number of thiocarbonyl (C=S) groups is 1. The fourth-order valence-corrected chi connectivity index (χ4v) is 3.07. The van der Waals surface area contributed by atoms with Crippen molar-refractivity contribution in [3.8, 4) is 17.1 Å². The van der Waals surface area contributed by atoms with E-state index in [0.717, 1.165) is 0 Å². The number of carbonyl (C=O) groups is 2. The number of carbonyl (C=O) groups excluding carboxylic acids is 2. The topological polar surface area (TPSA) is 136 Å². The largest absolute Gasteiger partial charge is 0.494 e. The van der Waals surface area contributed by atoms with Gasteiger partial charge in [-0.3, -0.25) is 25.0 Å². The molecule has 3 N–H and O–H groups in total. The normalized spacial score (nSPS) is 10.5. The van der Waals surface area contributed by atoms with Crippen molar-refractivity contribution >= 4 is 46.2 Å². The lowest BCUT2D eigenvalue weighted by molar-refractivity contribution is -0.384. The Hall–Kier alpha value is -4.25. The van der Waals surface area contributed by atoms with Crippen LogP contribution in [0.25, 0.3) is 11.3 Å². The summed E-state index contributed by atoms with van der Waals surface area (Å²) in [5.41, 5.74) is 1.41. The number of non-ortho nitro benzene ring substituents is 1. The van der Waals surface area contributed by atoms with Gasteiger partial charge < -0.3 is 19.8 Å². The number of ether oxygens (including phenoxy) is 1. The van der Waals surface area contributed by atoms with Gasteiger partial charge in [-0.1, -0.05) is 26.0 Å². The number of anilines is 2. The van der Waals surface area contributed by atoms with Crippen molar-refractivity contribution in [3.05, 3.63) is 70.5 Å². The van der Waals surface area contributed by atoms with Crippen molar-refractivity contribution in [1.29, 1.82) is 0 Å². The smallest absolute Gasteiger partial charge is 0.293 e. The molecule has 0 saturated heterocycles. The number of nitrogens with zero attached hydrogens (tertiary/aromatic N) is 1. The molecule has 2 amide bonds. The standard InChI is InChI=1S/C23H22N4O6S/c1-13(2)21(28)25-17-8-7-15(12-20(17)32-3)24-23(34)26-22(29)19-10-9-18(33-19)14-5-4-6-16(11-14)27(30)31/h4-13H,1-3H3,(H,25,28)(H2,24,26,29,34). The maximum atomic E-state index is 12.5. The molecule has 0 aliphatic carbocycles. The molecule has 0 radical (unpaired) electrons. The Bertz CT molecular complexity index is 1250. The van der Waals surface area contributed by atoms with Crippen LogP contribution in [0.1, 0.15) is 24.4 Å². The molecular formula is C23H22N4O6S. The Morgan fingerprint density at radius 2 is 1.85 bits per heavy atom. The van der Waals surface area contributed by atoms with Gasteiger partial charge in [-0.2, -0.15) is 0 Å². The van der Waals surface area contributed by atoms with Crippen LogP contribution in [0.4, 0.5) is 17.1 Å². The van der Waals surface area contributed by atoms with Crippen LogP contribution in [0.3, 0.4) is 0 Å². The zero-order valence-corrected chi connectivity index (χ0v) is 19.4. The van der Waals surface area contributed by atoms with E-state index in [1.807, 2.05) is 0 Å². The summed E-state index contributed by atoms with van der Waals surface area (Å²) in [5, 5.41) is 19.1. The summed E-state index contributed by atoms with van der Waals surface area (Å²) in [6.45, 7) is 3.56. The molecule has 1 heterocycles. The highest BCUT2D eigenvalue weighted by atomic mass is 32.1. The Balaban J connectivity index is 1.65. The van der Waals surface area contributed by atoms with Crippen molar-refractivity contribution in [3.63, 3.8) is 0 Å². The lowest BCUT2D eigenvalue weighted by Crippen LogP contribution is -2.33. The number of nitro groups is 1. The number of rotatable bonds is 7. The first kappa shape index (κ1) is 24.4. The summed E-state index contributed by atoms with van der Waals surface area (Å²) in [6, 6.07) is 13.8. The Labute approximate surface area is 200 Å². The summed E-state index contributed by atoms with van der Waals surface area (Å²) in [4.78, 5) is 34.9. The summed E-state index contributed by atoms with van der Waals surface area (Å²) in [7, 11) is 1.47. The van der Waals surface area contributed by atoms with Crippen LogP contribution in [-0.2, 0) is 4.79 Å². The molecule has 0 aliphatic heterocycles. The van der Waals surface area contributed by atoms with Crippen LogP contribution in [0.5, 0.6) is 5.75 Å². The second-order valence-corrected chi connectivity index (χ2v) is 7.85. The van der Waals surface area contributed by atoms with E-state index in [4.69, 9.17) is 21.4 Å². The lowest BCUT2D eigenvalue weighted by Gasteiger charge is -2.14. The van der Waals surface area contributed by atoms with Gasteiger partial charge in [0.1, 0.15) is 11.5 Å². The van der Waals surface area contributed by atoms with E-state index >= 15 is 0 Å². The molecule has 0 bridgehead atoms. The van der Waals surface area contributed by atoms with E-state index in [-0.39, 0.29) is 28.4 Å². The van der Waals surface area contributed by atoms with Crippen molar-refractivity contribution in [2.24, 2.45) is 5.92 Å². The van der Waals surface area contributed by atoms with Crippen LogP contribution in [0.15, 0.2) is 59.0 Å². The molecule has 10 nitrogen and oxygen atoms in total. The number of hydrogen-bond donors (Lipinski definition) is 3. The summed E-state index contributed by atoms with van der Waals surface area (Å²) < 4.78 is 10.9. The van der Waals surface area contributed by atoms with Gasteiger partial charge in [0.15, 0.2) is 10.9 Å². The quantitative estimate of drug-likeness (QED) is 0.253. The summed E-state index contributed by atoms with van der Waals surface area (Å²) >= 11 is 5.20. The SMILES string of the molecule is COc1cc(NC(=S)NC(=O)c2ccc(-c3cccc([N+](=O)[O-])c3)o2)ccc1NC(=O)C(C)C. The molecule has 3 aromatic rings. The number of amides is 2. The highest BCUT2D eigenvalue weighted by molar-refractivity contribution is 7.80. The first-order valence-corrected chi connectivity index (χ1v) is 10.5. The van der Waals surface area contributed by atoms with Crippen LogP contribution in [0.2, 0.25) is 0 Å². The van der Waals surface area contributed by atoms with E-state index in [1.165, 1.54) is 31.4 Å². The van der Waals surface area contributed by atoms with Crippen molar-refractivity contribution in [1.82, 2.24) is 5.32 Å². The van der Waals surface area contributed by atoms with Crippen LogP contribution in [0, 0.1) is 16.0 Å². The van der Waals surface area contributed by atoms with Gasteiger partial charge in [0, 0.05) is 35.4 Å². The van der Waals surface area contributed by atoms with E-state index in [0.29, 0.717) is 28.4 Å². The third-order valence-corrected chi connectivity index (χ3v) is 4.84. The number of methoxy groups -OCH3 is 1. The Morgan fingerprint density at radius 1 is 1.09 bits per heavy atom. The average molecular weight is 483 g/mol.